The number of aromatic nitrogens is 4. The maximum Gasteiger partial charge on any atom is 0.490 e. The predicted octanol–water partition coefficient (Wildman–Crippen LogP) is 1.32. The number of nitrogens with one attached hydrogen (secondary N) is 1. The normalized spacial score (nSPS) is 13.8. The molecule has 9 nitrogen and oxygen atoms in total. The van der Waals surface area contributed by atoms with Crippen molar-refractivity contribution >= 4 is 23.1 Å². The number of hydrogen-bond acceptors (Lipinski definition) is 6. The van der Waals surface area contributed by atoms with Gasteiger partial charge in [-0.05, 0) is 5.56 Å². The van der Waals surface area contributed by atoms with Crippen molar-refractivity contribution < 1.29 is 23.1 Å². The number of benzene rings is 1. The third kappa shape index (κ3) is 5.69. The van der Waals surface area contributed by atoms with Gasteiger partial charge in [0.05, 0.1) is 13.1 Å². The summed E-state index contributed by atoms with van der Waals surface area (Å²) >= 11 is 0. The van der Waals surface area contributed by atoms with Gasteiger partial charge in [0.2, 0.25) is 5.95 Å². The van der Waals surface area contributed by atoms with E-state index in [2.05, 4.69) is 26.1 Å². The van der Waals surface area contributed by atoms with Crippen molar-refractivity contribution in [3.05, 3.63) is 52.6 Å². The van der Waals surface area contributed by atoms with Gasteiger partial charge in [0.1, 0.15) is 6.33 Å². The highest BCUT2D eigenvalue weighted by Crippen LogP contribution is 2.21. The molecule has 0 spiro atoms. The molecular weight excluding hydrogens is 441 g/mol. The van der Waals surface area contributed by atoms with Crippen LogP contribution in [0, 0.1) is 12.3 Å². The topological polar surface area (TPSA) is 105 Å². The molecule has 0 aliphatic carbocycles. The Balaban J connectivity index is 0.000000383. The Morgan fingerprint density at radius 2 is 1.85 bits per heavy atom. The average molecular weight is 462 g/mol. The first kappa shape index (κ1) is 23.8. The molecule has 1 aliphatic heterocycles. The number of nitrogens with zero attached hydrogens (tertiary/aromatic N) is 5. The van der Waals surface area contributed by atoms with Crippen molar-refractivity contribution in [2.45, 2.75) is 19.3 Å². The minimum Gasteiger partial charge on any atom is -0.475 e. The largest absolute Gasteiger partial charge is 0.490 e. The highest BCUT2D eigenvalue weighted by Gasteiger charge is 2.38. The van der Waals surface area contributed by atoms with E-state index in [9.17, 15) is 18.0 Å². The van der Waals surface area contributed by atoms with Crippen molar-refractivity contribution in [2.75, 3.05) is 31.1 Å². The quantitative estimate of drug-likeness (QED) is 0.564. The second-order valence-corrected chi connectivity index (χ2v) is 7.08. The molecule has 0 bridgehead atoms. The first-order valence-corrected chi connectivity index (χ1v) is 9.91. The van der Waals surface area contributed by atoms with Gasteiger partial charge in [0.25, 0.3) is 5.56 Å². The first-order chi connectivity index (χ1) is 15.7. The molecule has 33 heavy (non-hydrogen) atoms. The van der Waals surface area contributed by atoms with Crippen molar-refractivity contribution in [3.8, 4) is 12.3 Å². The number of terminal acetylenes is 1. The van der Waals surface area contributed by atoms with Gasteiger partial charge in [-0.1, -0.05) is 36.3 Å². The monoisotopic (exact) mass is 462 g/mol. The van der Waals surface area contributed by atoms with E-state index in [0.29, 0.717) is 17.7 Å². The van der Waals surface area contributed by atoms with Crippen molar-refractivity contribution in [1.29, 1.82) is 0 Å². The Morgan fingerprint density at radius 3 is 2.42 bits per heavy atom. The van der Waals surface area contributed by atoms with Gasteiger partial charge in [-0.25, -0.2) is 9.78 Å². The molecule has 2 aromatic heterocycles. The van der Waals surface area contributed by atoms with Crippen LogP contribution in [0.1, 0.15) is 5.56 Å². The number of carboxylic acid groups (broad SMARTS) is 1. The van der Waals surface area contributed by atoms with Crippen LogP contribution in [-0.2, 0) is 17.9 Å². The summed E-state index contributed by atoms with van der Waals surface area (Å²) in [5.74, 6) is 0.532. The summed E-state index contributed by atoms with van der Waals surface area (Å²) in [6.07, 6.45) is 1.78. The van der Waals surface area contributed by atoms with Crippen LogP contribution in [0.15, 0.2) is 41.5 Å². The van der Waals surface area contributed by atoms with Gasteiger partial charge in [-0.2, -0.15) is 18.2 Å². The molecule has 1 fully saturated rings. The fourth-order valence-electron chi connectivity index (χ4n) is 3.28. The molecule has 174 valence electrons. The minimum atomic E-state index is -5.08. The standard InChI is InChI=1S/C19H20N6O.C2HF3O2/c1-2-10-24-14-21-17-16(18(24)26)25(13-15-6-4-3-5-7-15)19(22-17)23-11-8-20-9-12-23;3-2(4,5)1(6)7/h1,3-7,14,20H,8-13H2;(H,6,7). The Hall–Kier alpha value is -3.85. The lowest BCUT2D eigenvalue weighted by atomic mass is 10.2. The number of alkyl halides is 3. The SMILES string of the molecule is C#CCn1cnc2nc(N3CCNCC3)n(Cc3ccccc3)c2c1=O.O=C(O)C(F)(F)F. The van der Waals surface area contributed by atoms with Gasteiger partial charge in [0.15, 0.2) is 11.2 Å². The van der Waals surface area contributed by atoms with Crippen LogP contribution < -0.4 is 15.8 Å². The number of rotatable bonds is 4. The van der Waals surface area contributed by atoms with Gasteiger partial charge in [-0.3, -0.25) is 13.9 Å². The van der Waals surface area contributed by atoms with Gasteiger partial charge in [0, 0.05) is 26.2 Å². The van der Waals surface area contributed by atoms with E-state index >= 15 is 0 Å². The molecule has 0 atom stereocenters. The maximum absolute atomic E-state index is 13.0. The van der Waals surface area contributed by atoms with Gasteiger partial charge < -0.3 is 15.3 Å². The summed E-state index contributed by atoms with van der Waals surface area (Å²) in [5, 5.41) is 10.5. The molecule has 12 heteroatoms. The number of aliphatic carboxylic acids is 1. The van der Waals surface area contributed by atoms with Crippen LogP contribution in [0.4, 0.5) is 19.1 Å². The van der Waals surface area contributed by atoms with Crippen LogP contribution in [0.2, 0.25) is 0 Å². The molecule has 3 aromatic rings. The number of carboxylic acids is 1. The number of halogens is 3. The molecule has 0 radical (unpaired) electrons. The zero-order valence-corrected chi connectivity index (χ0v) is 17.4. The number of piperazine rings is 1. The molecule has 0 unspecified atom stereocenters. The summed E-state index contributed by atoms with van der Waals surface area (Å²) in [6, 6.07) is 10.1. The lowest BCUT2D eigenvalue weighted by Gasteiger charge is -2.28. The minimum absolute atomic E-state index is 0.155. The van der Waals surface area contributed by atoms with Crippen LogP contribution >= 0.6 is 0 Å². The van der Waals surface area contributed by atoms with Gasteiger partial charge in [-0.15, -0.1) is 6.42 Å². The second kappa shape index (κ2) is 10.2. The Bertz CT molecular complexity index is 1210. The average Bonchev–Trinajstić information content (AvgIpc) is 3.16. The zero-order chi connectivity index (χ0) is 24.0. The first-order valence-electron chi connectivity index (χ1n) is 9.91. The Morgan fingerprint density at radius 1 is 1.21 bits per heavy atom. The summed E-state index contributed by atoms with van der Waals surface area (Å²) in [4.78, 5) is 33.1. The van der Waals surface area contributed by atoms with E-state index in [4.69, 9.17) is 16.3 Å². The maximum atomic E-state index is 13.0. The van der Waals surface area contributed by atoms with Crippen molar-refractivity contribution in [1.82, 2.24) is 24.4 Å². The molecule has 2 N–H and O–H groups in total. The van der Waals surface area contributed by atoms with Crippen LogP contribution in [0.3, 0.4) is 0 Å². The highest BCUT2D eigenvalue weighted by molar-refractivity contribution is 5.74. The summed E-state index contributed by atoms with van der Waals surface area (Å²) in [6.45, 7) is 4.23. The number of imidazole rings is 1. The Kier molecular flexibility index (Phi) is 7.34. The molecule has 1 aliphatic rings. The molecule has 1 saturated heterocycles. The number of hydrogen-bond donors (Lipinski definition) is 2. The van der Waals surface area contributed by atoms with Crippen LogP contribution in [0.25, 0.3) is 11.2 Å². The summed E-state index contributed by atoms with van der Waals surface area (Å²) in [7, 11) is 0. The summed E-state index contributed by atoms with van der Waals surface area (Å²) in [5.41, 5.74) is 1.92. The highest BCUT2D eigenvalue weighted by atomic mass is 19.4. The van der Waals surface area contributed by atoms with E-state index in [-0.39, 0.29) is 12.1 Å². The van der Waals surface area contributed by atoms with E-state index in [1.165, 1.54) is 10.9 Å². The summed E-state index contributed by atoms with van der Waals surface area (Å²) < 4.78 is 35.2. The van der Waals surface area contributed by atoms with Crippen LogP contribution in [-0.4, -0.2) is 62.5 Å². The van der Waals surface area contributed by atoms with E-state index in [1.54, 1.807) is 0 Å². The molecule has 0 saturated carbocycles. The molecule has 0 amide bonds. The predicted molar refractivity (Wildman–Crippen MR) is 115 cm³/mol. The smallest absolute Gasteiger partial charge is 0.475 e. The molecule has 4 rings (SSSR count). The fourth-order valence-corrected chi connectivity index (χ4v) is 3.28. The van der Waals surface area contributed by atoms with Crippen molar-refractivity contribution in [2.24, 2.45) is 0 Å². The number of anilines is 1. The lowest BCUT2D eigenvalue weighted by Crippen LogP contribution is -2.44. The Labute approximate surface area is 186 Å². The van der Waals surface area contributed by atoms with Crippen LogP contribution in [0.5, 0.6) is 0 Å². The third-order valence-electron chi connectivity index (χ3n) is 4.80. The second-order valence-electron chi connectivity index (χ2n) is 7.08. The molecule has 3 heterocycles. The zero-order valence-electron chi connectivity index (χ0n) is 17.4. The molecular formula is C21H21F3N6O3. The molecule has 1 aromatic carbocycles. The van der Waals surface area contributed by atoms with E-state index < -0.39 is 12.1 Å². The third-order valence-corrected chi connectivity index (χ3v) is 4.80. The fraction of sp³-hybridized carbons (Fsp3) is 0.333. The van der Waals surface area contributed by atoms with E-state index in [1.807, 2.05) is 34.9 Å². The number of carbonyl (C=O) groups is 1. The van der Waals surface area contributed by atoms with Gasteiger partial charge >= 0.3 is 12.1 Å². The van der Waals surface area contributed by atoms with Crippen molar-refractivity contribution in [3.63, 3.8) is 0 Å². The number of fused-ring (bicyclic) bond motifs is 1. The lowest BCUT2D eigenvalue weighted by molar-refractivity contribution is -0.192. The van der Waals surface area contributed by atoms with E-state index in [0.717, 1.165) is 37.7 Å².